The molecule has 0 amide bonds. The van der Waals surface area contributed by atoms with Gasteiger partial charge in [-0.2, -0.15) is 0 Å². The SMILES string of the molecule is CCCCCCCCC(=O)OC(C(=O)c1ccccc1)c1ccccc1. The molecule has 0 fully saturated rings. The molecule has 138 valence electrons. The monoisotopic (exact) mass is 352 g/mol. The van der Waals surface area contributed by atoms with Gasteiger partial charge < -0.3 is 4.74 Å². The Balaban J connectivity index is 1.97. The van der Waals surface area contributed by atoms with Gasteiger partial charge in [-0.1, -0.05) is 99.7 Å². The van der Waals surface area contributed by atoms with Crippen molar-refractivity contribution in [1.29, 1.82) is 0 Å². The molecule has 2 aromatic carbocycles. The van der Waals surface area contributed by atoms with Crippen molar-refractivity contribution in [3.63, 3.8) is 0 Å². The Labute approximate surface area is 156 Å². The van der Waals surface area contributed by atoms with Gasteiger partial charge in [0.25, 0.3) is 0 Å². The highest BCUT2D eigenvalue weighted by molar-refractivity contribution is 6.00. The molecule has 0 spiro atoms. The topological polar surface area (TPSA) is 43.4 Å². The molecule has 0 aliphatic carbocycles. The van der Waals surface area contributed by atoms with Gasteiger partial charge in [0.05, 0.1) is 0 Å². The summed E-state index contributed by atoms with van der Waals surface area (Å²) in [6.07, 6.45) is 6.12. The number of esters is 1. The molecule has 0 N–H and O–H groups in total. The molecule has 3 nitrogen and oxygen atoms in total. The van der Waals surface area contributed by atoms with Crippen LogP contribution in [0.5, 0.6) is 0 Å². The van der Waals surface area contributed by atoms with Crippen LogP contribution in [-0.2, 0) is 9.53 Å². The quantitative estimate of drug-likeness (QED) is 0.287. The summed E-state index contributed by atoms with van der Waals surface area (Å²) in [5, 5.41) is 0. The molecule has 2 aromatic rings. The van der Waals surface area contributed by atoms with Crippen molar-refractivity contribution in [3.05, 3.63) is 71.8 Å². The highest BCUT2D eigenvalue weighted by atomic mass is 16.5. The summed E-state index contributed by atoms with van der Waals surface area (Å²) in [6, 6.07) is 18.2. The number of benzene rings is 2. The van der Waals surface area contributed by atoms with Crippen LogP contribution >= 0.6 is 0 Å². The van der Waals surface area contributed by atoms with Crippen LogP contribution in [0.2, 0.25) is 0 Å². The van der Waals surface area contributed by atoms with E-state index in [1.165, 1.54) is 19.3 Å². The first-order valence-corrected chi connectivity index (χ1v) is 9.56. The number of hydrogen-bond donors (Lipinski definition) is 0. The van der Waals surface area contributed by atoms with Crippen molar-refractivity contribution in [2.75, 3.05) is 0 Å². The number of unbranched alkanes of at least 4 members (excludes halogenated alkanes) is 5. The fourth-order valence-corrected chi connectivity index (χ4v) is 2.89. The average molecular weight is 352 g/mol. The second kappa shape index (κ2) is 11.2. The maximum atomic E-state index is 12.9. The Kier molecular flexibility index (Phi) is 8.61. The zero-order valence-electron chi connectivity index (χ0n) is 15.5. The third-order valence-corrected chi connectivity index (χ3v) is 4.38. The zero-order chi connectivity index (χ0) is 18.6. The van der Waals surface area contributed by atoms with Gasteiger partial charge in [-0.05, 0) is 6.42 Å². The minimum absolute atomic E-state index is 0.187. The van der Waals surface area contributed by atoms with Gasteiger partial charge >= 0.3 is 5.97 Å². The van der Waals surface area contributed by atoms with Gasteiger partial charge in [0.2, 0.25) is 5.78 Å². The molecule has 0 bridgehead atoms. The van der Waals surface area contributed by atoms with E-state index in [2.05, 4.69) is 6.92 Å². The van der Waals surface area contributed by atoms with E-state index in [9.17, 15) is 9.59 Å². The molecular formula is C23H28O3. The smallest absolute Gasteiger partial charge is 0.306 e. The maximum Gasteiger partial charge on any atom is 0.306 e. The molecule has 26 heavy (non-hydrogen) atoms. The summed E-state index contributed by atoms with van der Waals surface area (Å²) in [4.78, 5) is 25.1. The molecule has 0 saturated carbocycles. The van der Waals surface area contributed by atoms with Crippen LogP contribution < -0.4 is 0 Å². The number of ether oxygens (including phenoxy) is 1. The van der Waals surface area contributed by atoms with Crippen LogP contribution in [-0.4, -0.2) is 11.8 Å². The van der Waals surface area contributed by atoms with Crippen LogP contribution in [0.4, 0.5) is 0 Å². The van der Waals surface area contributed by atoms with E-state index in [1.54, 1.807) is 12.1 Å². The van der Waals surface area contributed by atoms with Crippen molar-refractivity contribution in [2.24, 2.45) is 0 Å². The van der Waals surface area contributed by atoms with Crippen molar-refractivity contribution in [2.45, 2.75) is 58.0 Å². The largest absolute Gasteiger partial charge is 0.449 e. The molecule has 2 rings (SSSR count). The fraction of sp³-hybridized carbons (Fsp3) is 0.391. The number of hydrogen-bond acceptors (Lipinski definition) is 3. The molecule has 0 radical (unpaired) electrons. The van der Waals surface area contributed by atoms with E-state index in [4.69, 9.17) is 4.74 Å². The number of Topliss-reactive ketones (excluding diaryl/α,β-unsaturated/α-hetero) is 1. The van der Waals surface area contributed by atoms with Crippen molar-refractivity contribution in [3.8, 4) is 0 Å². The molecule has 1 atom stereocenters. The molecule has 0 aliphatic rings. The van der Waals surface area contributed by atoms with Crippen LogP contribution in [0, 0.1) is 0 Å². The van der Waals surface area contributed by atoms with Gasteiger partial charge in [0.1, 0.15) is 0 Å². The molecule has 1 unspecified atom stereocenters. The first-order valence-electron chi connectivity index (χ1n) is 9.56. The Bertz CT molecular complexity index is 664. The predicted octanol–water partition coefficient (Wildman–Crippen LogP) is 5.90. The summed E-state index contributed by atoms with van der Waals surface area (Å²) in [6.45, 7) is 2.19. The first-order chi connectivity index (χ1) is 12.7. The van der Waals surface area contributed by atoms with Crippen LogP contribution in [0.3, 0.4) is 0 Å². The highest BCUT2D eigenvalue weighted by Crippen LogP contribution is 2.23. The van der Waals surface area contributed by atoms with Crippen LogP contribution in [0.25, 0.3) is 0 Å². The molecule has 3 heteroatoms. The summed E-state index contributed by atoms with van der Waals surface area (Å²) in [5.41, 5.74) is 1.26. The summed E-state index contributed by atoms with van der Waals surface area (Å²) in [5.74, 6) is -0.494. The Morgan fingerprint density at radius 2 is 1.38 bits per heavy atom. The Hall–Kier alpha value is -2.42. The summed E-state index contributed by atoms with van der Waals surface area (Å²) >= 11 is 0. The Morgan fingerprint density at radius 1 is 0.808 bits per heavy atom. The summed E-state index contributed by atoms with van der Waals surface area (Å²) in [7, 11) is 0. The highest BCUT2D eigenvalue weighted by Gasteiger charge is 2.25. The third-order valence-electron chi connectivity index (χ3n) is 4.38. The fourth-order valence-electron chi connectivity index (χ4n) is 2.89. The van der Waals surface area contributed by atoms with Gasteiger partial charge in [0, 0.05) is 17.5 Å². The lowest BCUT2D eigenvalue weighted by molar-refractivity contribution is -0.147. The van der Waals surface area contributed by atoms with Gasteiger partial charge in [-0.3, -0.25) is 9.59 Å². The van der Waals surface area contributed by atoms with Crippen LogP contribution in [0.15, 0.2) is 60.7 Å². The van der Waals surface area contributed by atoms with Crippen molar-refractivity contribution >= 4 is 11.8 Å². The maximum absolute atomic E-state index is 12.9. The van der Waals surface area contributed by atoms with E-state index in [-0.39, 0.29) is 11.8 Å². The average Bonchev–Trinajstić information content (AvgIpc) is 2.69. The van der Waals surface area contributed by atoms with Gasteiger partial charge in [-0.15, -0.1) is 0 Å². The molecular weight excluding hydrogens is 324 g/mol. The molecule has 0 heterocycles. The Morgan fingerprint density at radius 3 is 2.04 bits per heavy atom. The number of carbonyl (C=O) groups excluding carboxylic acids is 2. The minimum atomic E-state index is -0.883. The van der Waals surface area contributed by atoms with Gasteiger partial charge in [0.15, 0.2) is 6.10 Å². The third kappa shape index (κ3) is 6.47. The first kappa shape index (κ1) is 19.9. The van der Waals surface area contributed by atoms with E-state index >= 15 is 0 Å². The summed E-state index contributed by atoms with van der Waals surface area (Å²) < 4.78 is 5.59. The predicted molar refractivity (Wildman–Crippen MR) is 104 cm³/mol. The van der Waals surface area contributed by atoms with Gasteiger partial charge in [-0.25, -0.2) is 0 Å². The molecule has 0 aliphatic heterocycles. The number of rotatable bonds is 11. The lowest BCUT2D eigenvalue weighted by Gasteiger charge is -2.17. The van der Waals surface area contributed by atoms with E-state index in [1.807, 2.05) is 48.5 Å². The molecule has 0 saturated heterocycles. The standard InChI is InChI=1S/C23H28O3/c1-2-3-4-5-6-13-18-21(24)26-23(20-16-11-8-12-17-20)22(25)19-14-9-7-10-15-19/h7-12,14-17,23H,2-6,13,18H2,1H3. The lowest BCUT2D eigenvalue weighted by atomic mass is 10.00. The number of carbonyl (C=O) groups is 2. The number of ketones is 1. The lowest BCUT2D eigenvalue weighted by Crippen LogP contribution is -2.20. The second-order valence-corrected chi connectivity index (χ2v) is 6.53. The van der Waals surface area contributed by atoms with E-state index in [0.717, 1.165) is 19.3 Å². The molecule has 0 aromatic heterocycles. The van der Waals surface area contributed by atoms with Crippen LogP contribution in [0.1, 0.15) is 73.9 Å². The zero-order valence-corrected chi connectivity index (χ0v) is 15.5. The van der Waals surface area contributed by atoms with E-state index in [0.29, 0.717) is 17.5 Å². The van der Waals surface area contributed by atoms with Crippen molar-refractivity contribution in [1.82, 2.24) is 0 Å². The minimum Gasteiger partial charge on any atom is -0.449 e. The normalized spacial score (nSPS) is 11.7. The second-order valence-electron chi connectivity index (χ2n) is 6.53. The van der Waals surface area contributed by atoms with Crippen molar-refractivity contribution < 1.29 is 14.3 Å². The van der Waals surface area contributed by atoms with E-state index < -0.39 is 6.10 Å².